The maximum atomic E-state index is 13.6. The molecule has 3 aromatic rings. The highest BCUT2D eigenvalue weighted by molar-refractivity contribution is 5.99. The standard InChI is InChI=1S/C30H34FN7O2/c31-23-7-3-5-21(17-23)12-14-35-29-26(10-11-27(37-29)25-8-2-1-6-22(25)18-33)30(40)36-20-24-19-34-15-16-38(24)28(39)9-4-13-32/h1-3,5-8,10-11,17,24,34H,4,9,12-16,19-20,32H2,(H,35,37)(H,36,40)/t24-/m1/s1. The van der Waals surface area contributed by atoms with Crippen LogP contribution in [-0.2, 0) is 11.2 Å². The van der Waals surface area contributed by atoms with E-state index in [1.54, 1.807) is 30.3 Å². The Morgan fingerprint density at radius 2 is 2.02 bits per heavy atom. The molecule has 4 rings (SSSR count). The molecular weight excluding hydrogens is 509 g/mol. The predicted octanol–water partition coefficient (Wildman–Crippen LogP) is 2.68. The largest absolute Gasteiger partial charge is 0.369 e. The monoisotopic (exact) mass is 543 g/mol. The molecule has 208 valence electrons. The van der Waals surface area contributed by atoms with Crippen LogP contribution < -0.4 is 21.7 Å². The Labute approximate surface area is 233 Å². The van der Waals surface area contributed by atoms with Crippen molar-refractivity contribution >= 4 is 17.6 Å². The summed E-state index contributed by atoms with van der Waals surface area (Å²) in [4.78, 5) is 32.6. The van der Waals surface area contributed by atoms with Crippen molar-refractivity contribution in [2.75, 3.05) is 44.6 Å². The van der Waals surface area contributed by atoms with E-state index in [0.717, 1.165) is 5.56 Å². The first-order chi connectivity index (χ1) is 19.5. The van der Waals surface area contributed by atoms with Crippen molar-refractivity contribution in [2.45, 2.75) is 25.3 Å². The third kappa shape index (κ3) is 7.40. The number of halogens is 1. The molecule has 40 heavy (non-hydrogen) atoms. The van der Waals surface area contributed by atoms with E-state index in [-0.39, 0.29) is 30.2 Å². The van der Waals surface area contributed by atoms with Crippen LogP contribution in [0.1, 0.15) is 34.3 Å². The average molecular weight is 544 g/mol. The van der Waals surface area contributed by atoms with Crippen LogP contribution in [0.2, 0.25) is 0 Å². The van der Waals surface area contributed by atoms with Crippen LogP contribution in [0, 0.1) is 17.1 Å². The summed E-state index contributed by atoms with van der Waals surface area (Å²) in [5.74, 6) is -0.246. The maximum Gasteiger partial charge on any atom is 0.255 e. The number of piperazine rings is 1. The van der Waals surface area contributed by atoms with E-state index in [9.17, 15) is 19.2 Å². The number of anilines is 1. The van der Waals surface area contributed by atoms with Gasteiger partial charge in [-0.3, -0.25) is 9.59 Å². The van der Waals surface area contributed by atoms with Crippen LogP contribution in [0.5, 0.6) is 0 Å². The number of hydrogen-bond donors (Lipinski definition) is 4. The number of aromatic nitrogens is 1. The van der Waals surface area contributed by atoms with Crippen molar-refractivity contribution in [3.63, 3.8) is 0 Å². The number of nitrogens with one attached hydrogen (secondary N) is 3. The highest BCUT2D eigenvalue weighted by Gasteiger charge is 2.27. The molecule has 2 aromatic carbocycles. The smallest absolute Gasteiger partial charge is 0.255 e. The number of nitriles is 1. The lowest BCUT2D eigenvalue weighted by Gasteiger charge is -2.36. The van der Waals surface area contributed by atoms with Gasteiger partial charge in [-0.2, -0.15) is 5.26 Å². The van der Waals surface area contributed by atoms with E-state index in [2.05, 4.69) is 22.0 Å². The fourth-order valence-corrected chi connectivity index (χ4v) is 4.72. The number of carbonyl (C=O) groups excluding carboxylic acids is 2. The van der Waals surface area contributed by atoms with E-state index in [1.807, 2.05) is 23.1 Å². The minimum absolute atomic E-state index is 0.0353. The van der Waals surface area contributed by atoms with E-state index in [0.29, 0.717) is 80.2 Å². The molecule has 0 bridgehead atoms. The highest BCUT2D eigenvalue weighted by Crippen LogP contribution is 2.25. The Bertz CT molecular complexity index is 1370. The van der Waals surface area contributed by atoms with Gasteiger partial charge >= 0.3 is 0 Å². The molecule has 1 fully saturated rings. The number of carbonyl (C=O) groups is 2. The number of hydrogen-bond acceptors (Lipinski definition) is 7. The van der Waals surface area contributed by atoms with Crippen molar-refractivity contribution in [3.05, 3.63) is 83.2 Å². The first-order valence-corrected chi connectivity index (χ1v) is 13.5. The Balaban J connectivity index is 1.52. The van der Waals surface area contributed by atoms with Crippen molar-refractivity contribution in [3.8, 4) is 17.3 Å². The predicted molar refractivity (Wildman–Crippen MR) is 152 cm³/mol. The highest BCUT2D eigenvalue weighted by atomic mass is 19.1. The Morgan fingerprint density at radius 3 is 2.83 bits per heavy atom. The van der Waals surface area contributed by atoms with Crippen LogP contribution in [0.15, 0.2) is 60.7 Å². The SMILES string of the molecule is N#Cc1ccccc1-c1ccc(C(=O)NC[C@H]2CNCCN2C(=O)CCCN)c(NCCc2cccc(F)c2)n1. The summed E-state index contributed by atoms with van der Waals surface area (Å²) in [6, 6.07) is 18.9. The topological polar surface area (TPSA) is 136 Å². The lowest BCUT2D eigenvalue weighted by Crippen LogP contribution is -2.57. The second kappa shape index (κ2) is 14.2. The summed E-state index contributed by atoms with van der Waals surface area (Å²) in [7, 11) is 0. The van der Waals surface area contributed by atoms with Gasteiger partial charge in [-0.05, 0) is 55.3 Å². The first kappa shape index (κ1) is 28.7. The van der Waals surface area contributed by atoms with Gasteiger partial charge in [0.05, 0.1) is 28.9 Å². The van der Waals surface area contributed by atoms with Crippen molar-refractivity contribution < 1.29 is 14.0 Å². The molecule has 1 saturated heterocycles. The van der Waals surface area contributed by atoms with Crippen LogP contribution in [-0.4, -0.2) is 67.0 Å². The molecule has 1 aromatic heterocycles. The summed E-state index contributed by atoms with van der Waals surface area (Å²) in [6.45, 7) is 3.00. The molecule has 0 radical (unpaired) electrons. The maximum absolute atomic E-state index is 13.6. The second-order valence-electron chi connectivity index (χ2n) is 9.60. The minimum atomic E-state index is -0.333. The zero-order valence-electron chi connectivity index (χ0n) is 22.3. The third-order valence-electron chi connectivity index (χ3n) is 6.82. The summed E-state index contributed by atoms with van der Waals surface area (Å²) >= 11 is 0. The van der Waals surface area contributed by atoms with E-state index in [4.69, 9.17) is 10.7 Å². The fraction of sp³-hybridized carbons (Fsp3) is 0.333. The molecule has 0 saturated carbocycles. The summed E-state index contributed by atoms with van der Waals surface area (Å²) in [6.07, 6.45) is 1.53. The molecule has 10 heteroatoms. The van der Waals surface area contributed by atoms with Gasteiger partial charge < -0.3 is 26.6 Å². The van der Waals surface area contributed by atoms with Gasteiger partial charge in [-0.1, -0.05) is 30.3 Å². The quantitative estimate of drug-likeness (QED) is 0.292. The first-order valence-electron chi connectivity index (χ1n) is 13.5. The van der Waals surface area contributed by atoms with Crippen LogP contribution >= 0.6 is 0 Å². The zero-order chi connectivity index (χ0) is 28.3. The Hall–Kier alpha value is -4.33. The molecule has 0 spiro atoms. The second-order valence-corrected chi connectivity index (χ2v) is 9.60. The van der Waals surface area contributed by atoms with Gasteiger partial charge in [0.1, 0.15) is 11.6 Å². The normalized spacial score (nSPS) is 14.8. The number of amides is 2. The molecule has 1 atom stereocenters. The number of benzene rings is 2. The molecule has 9 nitrogen and oxygen atoms in total. The lowest BCUT2D eigenvalue weighted by atomic mass is 10.0. The van der Waals surface area contributed by atoms with Gasteiger partial charge in [-0.25, -0.2) is 9.37 Å². The molecule has 2 heterocycles. The molecule has 0 aliphatic carbocycles. The minimum Gasteiger partial charge on any atom is -0.369 e. The molecule has 2 amide bonds. The van der Waals surface area contributed by atoms with Crippen LogP contribution in [0.25, 0.3) is 11.3 Å². The van der Waals surface area contributed by atoms with Crippen molar-refractivity contribution in [2.24, 2.45) is 5.73 Å². The molecule has 1 aliphatic rings. The Kier molecular flexibility index (Phi) is 10.2. The van der Waals surface area contributed by atoms with Gasteiger partial charge in [0.15, 0.2) is 0 Å². The van der Waals surface area contributed by atoms with E-state index >= 15 is 0 Å². The molecule has 0 unspecified atom stereocenters. The van der Waals surface area contributed by atoms with Gasteiger partial charge in [0, 0.05) is 44.7 Å². The van der Waals surface area contributed by atoms with Crippen LogP contribution in [0.3, 0.4) is 0 Å². The number of rotatable bonds is 11. The van der Waals surface area contributed by atoms with Crippen LogP contribution in [0.4, 0.5) is 10.2 Å². The van der Waals surface area contributed by atoms with Gasteiger partial charge in [0.25, 0.3) is 5.91 Å². The third-order valence-corrected chi connectivity index (χ3v) is 6.82. The van der Waals surface area contributed by atoms with Crippen molar-refractivity contribution in [1.82, 2.24) is 20.5 Å². The molecular formula is C30H34FN7O2. The number of nitrogens with two attached hydrogens (primary N) is 1. The summed E-state index contributed by atoms with van der Waals surface area (Å²) in [5.41, 5.74) is 8.40. The Morgan fingerprint density at radius 1 is 1.18 bits per heavy atom. The van der Waals surface area contributed by atoms with Crippen molar-refractivity contribution in [1.29, 1.82) is 5.26 Å². The summed E-state index contributed by atoms with van der Waals surface area (Å²) in [5, 5.41) is 19.0. The lowest BCUT2D eigenvalue weighted by molar-refractivity contribution is -0.134. The zero-order valence-corrected chi connectivity index (χ0v) is 22.3. The summed E-state index contributed by atoms with van der Waals surface area (Å²) < 4.78 is 13.6. The number of pyridine rings is 1. The molecule has 1 aliphatic heterocycles. The number of nitrogens with zero attached hydrogens (tertiary/aromatic N) is 3. The van der Waals surface area contributed by atoms with E-state index in [1.165, 1.54) is 12.1 Å². The molecule has 5 N–H and O–H groups in total. The fourth-order valence-electron chi connectivity index (χ4n) is 4.72. The van der Waals surface area contributed by atoms with Gasteiger partial charge in [-0.15, -0.1) is 0 Å². The average Bonchev–Trinajstić information content (AvgIpc) is 2.98. The van der Waals surface area contributed by atoms with E-state index < -0.39 is 0 Å². The van der Waals surface area contributed by atoms with Gasteiger partial charge in [0.2, 0.25) is 5.91 Å².